The normalized spacial score (nSPS) is 24.8. The van der Waals surface area contributed by atoms with Gasteiger partial charge < -0.3 is 9.47 Å². The van der Waals surface area contributed by atoms with E-state index < -0.39 is 0 Å². The molecule has 0 N–H and O–H groups in total. The molecule has 6 aromatic rings. The van der Waals surface area contributed by atoms with E-state index in [9.17, 15) is 0 Å². The second kappa shape index (κ2) is 13.3. The molecule has 284 valence electrons. The first-order valence-corrected chi connectivity index (χ1v) is 21.7. The fourth-order valence-corrected chi connectivity index (χ4v) is 11.8. The summed E-state index contributed by atoms with van der Waals surface area (Å²) in [6, 6.07) is 43.8. The lowest BCUT2D eigenvalue weighted by Crippen LogP contribution is -2.38. The molecule has 0 bridgehead atoms. The maximum Gasteiger partial charge on any atom is 0.135 e. The van der Waals surface area contributed by atoms with Crippen molar-refractivity contribution in [2.24, 2.45) is 11.8 Å². The molecule has 0 saturated heterocycles. The van der Waals surface area contributed by atoms with Crippen LogP contribution in [0.25, 0.3) is 55.8 Å². The number of aryl methyl sites for hydroxylation is 1. The van der Waals surface area contributed by atoms with Gasteiger partial charge in [0, 0.05) is 11.5 Å². The SMILES string of the molecule is CC1Cc2c(c(-c3cccc(C4=CC5C6=C(C=CCC6)OC5C5c6ccccc6OC45)c3)c3ccccc3c2-c2cccc(-c3ccc4c(c3)CCC=C4)c2)C(C)C1. The van der Waals surface area contributed by atoms with Crippen molar-refractivity contribution in [2.75, 3.05) is 0 Å². The van der Waals surface area contributed by atoms with Crippen molar-refractivity contribution in [3.63, 3.8) is 0 Å². The van der Waals surface area contributed by atoms with E-state index in [1.807, 2.05) is 0 Å². The van der Waals surface area contributed by atoms with Gasteiger partial charge in [-0.25, -0.2) is 0 Å². The van der Waals surface area contributed by atoms with Crippen LogP contribution in [0, 0.1) is 11.8 Å². The van der Waals surface area contributed by atoms with Crippen molar-refractivity contribution >= 4 is 22.4 Å². The quantitative estimate of drug-likeness (QED) is 0.179. The number of rotatable bonds is 4. The van der Waals surface area contributed by atoms with Crippen LogP contribution in [0.15, 0.2) is 151 Å². The van der Waals surface area contributed by atoms with Crippen LogP contribution in [0.5, 0.6) is 5.75 Å². The molecule has 0 fully saturated rings. The van der Waals surface area contributed by atoms with Crippen molar-refractivity contribution in [2.45, 2.75) is 76.4 Å². The molecular weight excluding hydrogens is 705 g/mol. The first-order chi connectivity index (χ1) is 28.6. The van der Waals surface area contributed by atoms with Gasteiger partial charge in [-0.2, -0.15) is 0 Å². The van der Waals surface area contributed by atoms with Gasteiger partial charge in [-0.15, -0.1) is 0 Å². The van der Waals surface area contributed by atoms with E-state index in [1.165, 1.54) is 95.1 Å². The van der Waals surface area contributed by atoms with Crippen LogP contribution >= 0.6 is 0 Å². The summed E-state index contributed by atoms with van der Waals surface area (Å²) in [5, 5.41) is 2.69. The summed E-state index contributed by atoms with van der Waals surface area (Å²) < 4.78 is 13.7. The van der Waals surface area contributed by atoms with Gasteiger partial charge in [0.1, 0.15) is 23.7 Å². The number of hydrogen-bond donors (Lipinski definition) is 0. The van der Waals surface area contributed by atoms with Crippen LogP contribution in [0.4, 0.5) is 0 Å². The van der Waals surface area contributed by atoms with E-state index in [0.29, 0.717) is 11.8 Å². The van der Waals surface area contributed by atoms with E-state index in [-0.39, 0.29) is 24.0 Å². The molecule has 0 spiro atoms. The zero-order valence-corrected chi connectivity index (χ0v) is 33.4. The molecule has 0 aromatic heterocycles. The van der Waals surface area contributed by atoms with Crippen molar-refractivity contribution in [3.05, 3.63) is 184 Å². The highest BCUT2D eigenvalue weighted by Gasteiger charge is 2.52. The van der Waals surface area contributed by atoms with E-state index in [4.69, 9.17) is 9.47 Å². The van der Waals surface area contributed by atoms with Gasteiger partial charge >= 0.3 is 0 Å². The zero-order chi connectivity index (χ0) is 38.5. The summed E-state index contributed by atoms with van der Waals surface area (Å²) in [4.78, 5) is 0. The second-order valence-electron chi connectivity index (χ2n) is 17.8. The lowest BCUT2D eigenvalue weighted by atomic mass is 9.70. The van der Waals surface area contributed by atoms with Crippen LogP contribution in [0.1, 0.15) is 84.7 Å². The third-order valence-electron chi connectivity index (χ3n) is 14.2. The van der Waals surface area contributed by atoms with E-state index in [0.717, 1.165) is 43.6 Å². The van der Waals surface area contributed by atoms with E-state index >= 15 is 0 Å². The molecule has 6 aliphatic rings. The molecule has 2 heteroatoms. The minimum absolute atomic E-state index is 0.0579. The highest BCUT2D eigenvalue weighted by Crippen LogP contribution is 2.56. The Bertz CT molecular complexity index is 2810. The smallest absolute Gasteiger partial charge is 0.135 e. The Morgan fingerprint density at radius 3 is 2.24 bits per heavy atom. The Morgan fingerprint density at radius 2 is 1.34 bits per heavy atom. The third kappa shape index (κ3) is 5.30. The molecule has 12 rings (SSSR count). The van der Waals surface area contributed by atoms with Crippen LogP contribution < -0.4 is 4.74 Å². The molecular formula is C56H48O2. The highest BCUT2D eigenvalue weighted by atomic mass is 16.5. The lowest BCUT2D eigenvalue weighted by Gasteiger charge is -2.35. The Morgan fingerprint density at radius 1 is 0.621 bits per heavy atom. The van der Waals surface area contributed by atoms with Crippen molar-refractivity contribution in [1.29, 1.82) is 0 Å². The van der Waals surface area contributed by atoms with Gasteiger partial charge in [0.05, 0.1) is 5.92 Å². The summed E-state index contributed by atoms with van der Waals surface area (Å²) in [5.74, 6) is 3.52. The average molecular weight is 753 g/mol. The summed E-state index contributed by atoms with van der Waals surface area (Å²) in [7, 11) is 0. The van der Waals surface area contributed by atoms with Gasteiger partial charge in [-0.3, -0.25) is 0 Å². The number of fused-ring (bicyclic) bond motifs is 9. The Balaban J connectivity index is 1.02. The van der Waals surface area contributed by atoms with Crippen LogP contribution in [-0.2, 0) is 17.6 Å². The molecule has 0 amide bonds. The summed E-state index contributed by atoms with van der Waals surface area (Å²) in [6.45, 7) is 4.92. The number of hydrogen-bond acceptors (Lipinski definition) is 2. The van der Waals surface area contributed by atoms with Gasteiger partial charge in [0.15, 0.2) is 0 Å². The van der Waals surface area contributed by atoms with Crippen LogP contribution in [0.3, 0.4) is 0 Å². The molecule has 0 radical (unpaired) electrons. The maximum atomic E-state index is 6.92. The molecule has 6 unspecified atom stereocenters. The number of benzene rings is 6. The predicted molar refractivity (Wildman–Crippen MR) is 239 cm³/mol. The molecule has 2 heterocycles. The number of ether oxygens (including phenoxy) is 2. The Labute approximate surface area is 342 Å². The minimum atomic E-state index is -0.0918. The third-order valence-corrected chi connectivity index (χ3v) is 14.2. The van der Waals surface area contributed by atoms with Crippen molar-refractivity contribution < 1.29 is 9.47 Å². The molecule has 0 saturated carbocycles. The fourth-order valence-electron chi connectivity index (χ4n) is 11.8. The van der Waals surface area contributed by atoms with Gasteiger partial charge in [0.2, 0.25) is 0 Å². The maximum absolute atomic E-state index is 6.92. The fraction of sp³-hybridized carbons (Fsp3) is 0.250. The van der Waals surface area contributed by atoms with Gasteiger partial charge in [-0.1, -0.05) is 135 Å². The summed E-state index contributed by atoms with van der Waals surface area (Å²) in [6.07, 6.45) is 18.2. The van der Waals surface area contributed by atoms with Crippen molar-refractivity contribution in [3.8, 4) is 39.1 Å². The number of allylic oxidation sites excluding steroid dienone is 3. The van der Waals surface area contributed by atoms with Crippen molar-refractivity contribution in [1.82, 2.24) is 0 Å². The largest absolute Gasteiger partial charge is 0.489 e. The van der Waals surface area contributed by atoms with E-state index in [1.54, 1.807) is 0 Å². The molecule has 4 aliphatic carbocycles. The first kappa shape index (κ1) is 34.2. The van der Waals surface area contributed by atoms with E-state index in [2.05, 4.69) is 159 Å². The standard InChI is InChI=1S/C56H48O2/c1-33-27-34(2)51-48(28-33)52(40-17-11-15-37(30-40)38-26-25-35-13-3-4-14-36(35)29-38)43-20-5-6-21-44(43)53(51)41-18-12-16-39(31-41)46-32-47-42-19-7-9-23-49(42)57-56(47)54-45-22-8-10-24-50(45)58-55(46)54/h3,5-6,8-13,15-18,20-26,29-34,47,54-56H,4,7,14,19,27-28H2,1-2H3. The van der Waals surface area contributed by atoms with Gasteiger partial charge in [0.25, 0.3) is 0 Å². The lowest BCUT2D eigenvalue weighted by molar-refractivity contribution is 0.0746. The summed E-state index contributed by atoms with van der Waals surface area (Å²) >= 11 is 0. The van der Waals surface area contributed by atoms with Crippen LogP contribution in [-0.4, -0.2) is 12.2 Å². The topological polar surface area (TPSA) is 18.5 Å². The summed E-state index contributed by atoms with van der Waals surface area (Å²) in [5.41, 5.74) is 19.2. The Hall–Kier alpha value is -5.86. The van der Waals surface area contributed by atoms with Crippen LogP contribution in [0.2, 0.25) is 0 Å². The monoisotopic (exact) mass is 752 g/mol. The number of para-hydroxylation sites is 1. The predicted octanol–water partition coefficient (Wildman–Crippen LogP) is 14.0. The molecule has 6 aromatic carbocycles. The minimum Gasteiger partial charge on any atom is -0.489 e. The highest BCUT2D eigenvalue weighted by molar-refractivity contribution is 6.08. The molecule has 6 atom stereocenters. The average Bonchev–Trinajstić information content (AvgIpc) is 3.84. The molecule has 2 nitrogen and oxygen atoms in total. The van der Waals surface area contributed by atoms with Gasteiger partial charge in [-0.05, 0) is 158 Å². The molecule has 58 heavy (non-hydrogen) atoms. The Kier molecular flexibility index (Phi) is 7.87. The molecule has 2 aliphatic heterocycles. The second-order valence-corrected chi connectivity index (χ2v) is 17.8. The zero-order valence-electron chi connectivity index (χ0n) is 33.4. The first-order valence-electron chi connectivity index (χ1n) is 21.7.